The van der Waals surface area contributed by atoms with Crippen molar-refractivity contribution in [3.63, 3.8) is 0 Å². The van der Waals surface area contributed by atoms with Crippen molar-refractivity contribution in [2.45, 2.75) is 23.9 Å². The Hall–Kier alpha value is -3.20. The number of benzene rings is 1. The van der Waals surface area contributed by atoms with Crippen LogP contribution in [-0.2, 0) is 0 Å². The molecular formula is C22H21FN6OS. The number of carbonyl (C=O) groups excluding carboxylic acids is 1. The highest BCUT2D eigenvalue weighted by atomic mass is 32.2. The zero-order chi connectivity index (χ0) is 21.4. The number of aromatic nitrogens is 5. The molecule has 0 bridgehead atoms. The number of nitrogens with zero attached hydrogens (tertiary/aromatic N) is 6. The van der Waals surface area contributed by atoms with E-state index in [9.17, 15) is 9.18 Å². The molecule has 9 heteroatoms. The molecule has 1 aliphatic heterocycles. The lowest BCUT2D eigenvalue weighted by molar-refractivity contribution is 0.0695. The number of rotatable bonds is 4. The maximum absolute atomic E-state index is 13.5. The minimum absolute atomic E-state index is 0.0874. The fourth-order valence-corrected chi connectivity index (χ4v) is 4.69. The molecule has 158 valence electrons. The molecule has 1 amide bonds. The first kappa shape index (κ1) is 19.7. The fourth-order valence-electron chi connectivity index (χ4n) is 4.14. The predicted octanol–water partition coefficient (Wildman–Crippen LogP) is 3.80. The van der Waals surface area contributed by atoms with E-state index in [-0.39, 0.29) is 17.6 Å². The molecule has 1 fully saturated rings. The second-order valence-electron chi connectivity index (χ2n) is 7.52. The third kappa shape index (κ3) is 3.59. The molecule has 1 aliphatic rings. The number of thioether (sulfide) groups is 1. The van der Waals surface area contributed by atoms with E-state index in [4.69, 9.17) is 0 Å². The van der Waals surface area contributed by atoms with Crippen LogP contribution in [0.3, 0.4) is 0 Å². The van der Waals surface area contributed by atoms with E-state index < -0.39 is 0 Å². The van der Waals surface area contributed by atoms with Crippen LogP contribution in [0.4, 0.5) is 4.39 Å². The quantitative estimate of drug-likeness (QED) is 0.455. The number of pyridine rings is 1. The number of piperidine rings is 1. The van der Waals surface area contributed by atoms with E-state index >= 15 is 0 Å². The van der Waals surface area contributed by atoms with Crippen molar-refractivity contribution in [3.05, 3.63) is 72.2 Å². The lowest BCUT2D eigenvalue weighted by atomic mass is 9.97. The smallest absolute Gasteiger partial charge is 0.272 e. The average molecular weight is 437 g/mol. The molecule has 4 aromatic rings. The van der Waals surface area contributed by atoms with Crippen LogP contribution in [0.1, 0.15) is 35.1 Å². The van der Waals surface area contributed by atoms with Gasteiger partial charge in [-0.3, -0.25) is 13.8 Å². The highest BCUT2D eigenvalue weighted by Crippen LogP contribution is 2.29. The van der Waals surface area contributed by atoms with Gasteiger partial charge >= 0.3 is 0 Å². The number of amides is 1. The van der Waals surface area contributed by atoms with Crippen LogP contribution in [-0.4, -0.2) is 54.3 Å². The summed E-state index contributed by atoms with van der Waals surface area (Å²) in [5.41, 5.74) is 1.99. The Morgan fingerprint density at radius 2 is 2.00 bits per heavy atom. The number of carbonyl (C=O) groups is 1. The lowest BCUT2D eigenvalue weighted by Gasteiger charge is -2.32. The summed E-state index contributed by atoms with van der Waals surface area (Å²) in [6.45, 7) is 1.24. The maximum atomic E-state index is 13.5. The van der Waals surface area contributed by atoms with Gasteiger partial charge < -0.3 is 4.90 Å². The molecule has 3 aromatic heterocycles. The molecule has 0 aliphatic carbocycles. The third-order valence-electron chi connectivity index (χ3n) is 5.63. The molecule has 1 atom stereocenters. The second-order valence-corrected chi connectivity index (χ2v) is 8.29. The van der Waals surface area contributed by atoms with Gasteiger partial charge in [0.15, 0.2) is 10.8 Å². The molecule has 0 N–H and O–H groups in total. The van der Waals surface area contributed by atoms with Crippen LogP contribution in [0.5, 0.6) is 0 Å². The van der Waals surface area contributed by atoms with Gasteiger partial charge in [0.25, 0.3) is 5.91 Å². The molecule has 0 radical (unpaired) electrons. The highest BCUT2D eigenvalue weighted by molar-refractivity contribution is 7.98. The number of hydrogen-bond donors (Lipinski definition) is 0. The molecule has 7 nitrogen and oxygen atoms in total. The SMILES string of the molecule is CSc1ncc(C(=O)N2CCC[C@H](c3nnc4ccccn34)C2)n1-c1ccc(F)cc1. The number of hydrogen-bond acceptors (Lipinski definition) is 5. The minimum atomic E-state index is -0.318. The number of fused-ring (bicyclic) bond motifs is 1. The van der Waals surface area contributed by atoms with Crippen LogP contribution >= 0.6 is 11.8 Å². The van der Waals surface area contributed by atoms with Crippen molar-refractivity contribution in [3.8, 4) is 5.69 Å². The molecule has 4 heterocycles. The first-order valence-electron chi connectivity index (χ1n) is 10.1. The van der Waals surface area contributed by atoms with Gasteiger partial charge in [-0.15, -0.1) is 10.2 Å². The summed E-state index contributed by atoms with van der Waals surface area (Å²) in [5.74, 6) is 0.583. The van der Waals surface area contributed by atoms with Crippen LogP contribution in [0.15, 0.2) is 60.0 Å². The summed E-state index contributed by atoms with van der Waals surface area (Å²) in [6.07, 6.45) is 7.31. The van der Waals surface area contributed by atoms with E-state index in [1.165, 1.54) is 23.9 Å². The number of halogens is 1. The van der Waals surface area contributed by atoms with E-state index in [0.29, 0.717) is 29.6 Å². The Labute approximate surface area is 182 Å². The lowest BCUT2D eigenvalue weighted by Crippen LogP contribution is -2.40. The third-order valence-corrected chi connectivity index (χ3v) is 6.28. The van der Waals surface area contributed by atoms with Crippen LogP contribution in [0.25, 0.3) is 11.3 Å². The second kappa shape index (κ2) is 8.14. The Bertz CT molecular complexity index is 1230. The standard InChI is InChI=1S/C22H21FN6OS/c1-31-22-24-13-18(29(22)17-9-7-16(23)8-10-17)21(30)27-11-4-5-15(14-27)20-26-25-19-6-2-3-12-28(19)20/h2-3,6-10,12-13,15H,4-5,11,14H2,1H3/t15-/m0/s1. The fraction of sp³-hybridized carbons (Fsp3) is 0.273. The van der Waals surface area contributed by atoms with Crippen LogP contribution < -0.4 is 0 Å². The molecule has 0 saturated carbocycles. The topological polar surface area (TPSA) is 68.3 Å². The Morgan fingerprint density at radius 1 is 1.16 bits per heavy atom. The molecule has 1 aromatic carbocycles. The summed E-state index contributed by atoms with van der Waals surface area (Å²) < 4.78 is 17.2. The summed E-state index contributed by atoms with van der Waals surface area (Å²) in [7, 11) is 0. The molecule has 0 unspecified atom stereocenters. The van der Waals surface area contributed by atoms with Crippen molar-refractivity contribution in [1.82, 2.24) is 29.0 Å². The predicted molar refractivity (Wildman–Crippen MR) is 116 cm³/mol. The first-order valence-corrected chi connectivity index (χ1v) is 11.3. The summed E-state index contributed by atoms with van der Waals surface area (Å²) in [6, 6.07) is 11.9. The van der Waals surface area contributed by atoms with Crippen molar-refractivity contribution in [2.24, 2.45) is 0 Å². The molecule has 5 rings (SSSR count). The van der Waals surface area contributed by atoms with Crippen LogP contribution in [0, 0.1) is 5.82 Å². The van der Waals surface area contributed by atoms with Gasteiger partial charge in [0, 0.05) is 30.9 Å². The molecule has 0 spiro atoms. The summed E-state index contributed by atoms with van der Waals surface area (Å²) >= 11 is 1.45. The number of likely N-dealkylation sites (tertiary alicyclic amines) is 1. The van der Waals surface area contributed by atoms with Gasteiger partial charge in [-0.2, -0.15) is 0 Å². The Morgan fingerprint density at radius 3 is 2.81 bits per heavy atom. The monoisotopic (exact) mass is 436 g/mol. The van der Waals surface area contributed by atoms with Crippen molar-refractivity contribution < 1.29 is 9.18 Å². The molecular weight excluding hydrogens is 415 g/mol. The summed E-state index contributed by atoms with van der Waals surface area (Å²) in [4.78, 5) is 19.8. The zero-order valence-corrected chi connectivity index (χ0v) is 17.8. The highest BCUT2D eigenvalue weighted by Gasteiger charge is 2.30. The van der Waals surface area contributed by atoms with Crippen molar-refractivity contribution in [1.29, 1.82) is 0 Å². The molecule has 1 saturated heterocycles. The average Bonchev–Trinajstić information content (AvgIpc) is 3.43. The van der Waals surface area contributed by atoms with Gasteiger partial charge in [-0.05, 0) is 55.5 Å². The van der Waals surface area contributed by atoms with Crippen molar-refractivity contribution in [2.75, 3.05) is 19.3 Å². The number of imidazole rings is 1. The van der Waals surface area contributed by atoms with Gasteiger partial charge in [0.1, 0.15) is 17.3 Å². The summed E-state index contributed by atoms with van der Waals surface area (Å²) in [5, 5.41) is 9.34. The van der Waals surface area contributed by atoms with Gasteiger partial charge in [0.05, 0.1) is 6.20 Å². The largest absolute Gasteiger partial charge is 0.337 e. The Kier molecular flexibility index (Phi) is 5.19. The van der Waals surface area contributed by atoms with E-state index in [2.05, 4.69) is 15.2 Å². The Balaban J connectivity index is 1.45. The van der Waals surface area contributed by atoms with Gasteiger partial charge in [-0.1, -0.05) is 17.8 Å². The van der Waals surface area contributed by atoms with Gasteiger partial charge in [-0.25, -0.2) is 9.37 Å². The molecule has 31 heavy (non-hydrogen) atoms. The van der Waals surface area contributed by atoms with E-state index in [1.54, 1.807) is 22.9 Å². The zero-order valence-electron chi connectivity index (χ0n) is 17.0. The van der Waals surface area contributed by atoms with Crippen molar-refractivity contribution >= 4 is 23.3 Å². The van der Waals surface area contributed by atoms with Crippen LogP contribution in [0.2, 0.25) is 0 Å². The van der Waals surface area contributed by atoms with E-state index in [0.717, 1.165) is 24.3 Å². The first-order chi connectivity index (χ1) is 15.2. The van der Waals surface area contributed by atoms with E-state index in [1.807, 2.05) is 40.0 Å². The van der Waals surface area contributed by atoms with Gasteiger partial charge in [0.2, 0.25) is 0 Å². The maximum Gasteiger partial charge on any atom is 0.272 e. The normalized spacial score (nSPS) is 16.7. The minimum Gasteiger partial charge on any atom is -0.337 e.